The molecule has 2 aromatic rings. The van der Waals surface area contributed by atoms with E-state index in [1.165, 1.54) is 11.8 Å². The average molecular weight is 375 g/mol. The predicted molar refractivity (Wildman–Crippen MR) is 104 cm³/mol. The molecule has 0 bridgehead atoms. The van der Waals surface area contributed by atoms with E-state index in [1.54, 1.807) is 10.6 Å². The van der Waals surface area contributed by atoms with Gasteiger partial charge in [-0.3, -0.25) is 14.2 Å². The first kappa shape index (κ1) is 18.9. The zero-order valence-electron chi connectivity index (χ0n) is 15.5. The number of para-hydroxylation sites is 1. The zero-order valence-corrected chi connectivity index (χ0v) is 16.3. The zero-order chi connectivity index (χ0) is 18.7. The second-order valence-corrected chi connectivity index (χ2v) is 7.66. The summed E-state index contributed by atoms with van der Waals surface area (Å²) in [5.74, 6) is 0.330. The Balaban J connectivity index is 1.80. The van der Waals surface area contributed by atoms with Crippen molar-refractivity contribution in [2.24, 2.45) is 0 Å². The lowest BCUT2D eigenvalue weighted by atomic mass is 10.2. The Morgan fingerprint density at radius 2 is 1.96 bits per heavy atom. The molecule has 1 aliphatic heterocycles. The van der Waals surface area contributed by atoms with Crippen molar-refractivity contribution in [3.05, 3.63) is 34.6 Å². The van der Waals surface area contributed by atoms with Gasteiger partial charge in [0.15, 0.2) is 5.16 Å². The van der Waals surface area contributed by atoms with E-state index in [0.717, 1.165) is 6.42 Å². The molecule has 0 spiro atoms. The lowest BCUT2D eigenvalue weighted by Gasteiger charge is -2.35. The van der Waals surface area contributed by atoms with Crippen molar-refractivity contribution < 1.29 is 9.53 Å². The molecule has 140 valence electrons. The highest BCUT2D eigenvalue weighted by atomic mass is 32.2. The van der Waals surface area contributed by atoms with Gasteiger partial charge in [0, 0.05) is 19.6 Å². The molecule has 26 heavy (non-hydrogen) atoms. The molecule has 1 aliphatic rings. The molecule has 0 aliphatic carbocycles. The first-order chi connectivity index (χ1) is 12.5. The summed E-state index contributed by atoms with van der Waals surface area (Å²) in [7, 11) is 0. The van der Waals surface area contributed by atoms with Crippen LogP contribution in [0.15, 0.2) is 34.2 Å². The molecule has 1 aromatic heterocycles. The number of nitrogens with zero attached hydrogens (tertiary/aromatic N) is 3. The normalized spacial score (nSPS) is 20.5. The molecule has 2 unspecified atom stereocenters. The van der Waals surface area contributed by atoms with Crippen LogP contribution in [0.3, 0.4) is 0 Å². The first-order valence-corrected chi connectivity index (χ1v) is 10.0. The van der Waals surface area contributed by atoms with E-state index >= 15 is 0 Å². The number of carbonyl (C=O) groups excluding carboxylic acids is 1. The molecule has 6 nitrogen and oxygen atoms in total. The summed E-state index contributed by atoms with van der Waals surface area (Å²) in [5.41, 5.74) is 0.634. The molecule has 0 saturated carbocycles. The summed E-state index contributed by atoms with van der Waals surface area (Å²) in [6, 6.07) is 7.35. The highest BCUT2D eigenvalue weighted by molar-refractivity contribution is 7.99. The van der Waals surface area contributed by atoms with E-state index in [2.05, 4.69) is 4.98 Å². The quantitative estimate of drug-likeness (QED) is 0.594. The fourth-order valence-electron chi connectivity index (χ4n) is 3.28. The molecular formula is C19H25N3O3S. The van der Waals surface area contributed by atoms with Crippen LogP contribution in [0.2, 0.25) is 0 Å². The van der Waals surface area contributed by atoms with Crippen LogP contribution in [0.5, 0.6) is 0 Å². The number of hydrogen-bond donors (Lipinski definition) is 0. The fraction of sp³-hybridized carbons (Fsp3) is 0.526. The first-order valence-electron chi connectivity index (χ1n) is 9.05. The van der Waals surface area contributed by atoms with Gasteiger partial charge in [0.25, 0.3) is 5.56 Å². The molecule has 1 saturated heterocycles. The number of fused-ring (bicyclic) bond motifs is 1. The number of ether oxygens (including phenoxy) is 1. The smallest absolute Gasteiger partial charge is 0.262 e. The maximum atomic E-state index is 12.8. The summed E-state index contributed by atoms with van der Waals surface area (Å²) in [4.78, 5) is 31.9. The monoisotopic (exact) mass is 375 g/mol. The summed E-state index contributed by atoms with van der Waals surface area (Å²) in [5, 5.41) is 1.23. The van der Waals surface area contributed by atoms with Gasteiger partial charge >= 0.3 is 0 Å². The Bertz CT molecular complexity index is 842. The minimum absolute atomic E-state index is 0.0407. The van der Waals surface area contributed by atoms with Crippen LogP contribution in [0.25, 0.3) is 10.9 Å². The van der Waals surface area contributed by atoms with Crippen molar-refractivity contribution in [2.75, 3.05) is 18.8 Å². The Morgan fingerprint density at radius 3 is 2.65 bits per heavy atom. The minimum Gasteiger partial charge on any atom is -0.372 e. The van der Waals surface area contributed by atoms with Crippen molar-refractivity contribution in [1.29, 1.82) is 0 Å². The summed E-state index contributed by atoms with van der Waals surface area (Å²) in [6.07, 6.45) is 0.925. The van der Waals surface area contributed by atoms with Gasteiger partial charge in [-0.2, -0.15) is 0 Å². The minimum atomic E-state index is -0.0407. The van der Waals surface area contributed by atoms with Gasteiger partial charge in [-0.05, 0) is 32.4 Å². The predicted octanol–water partition coefficient (Wildman–Crippen LogP) is 2.53. The van der Waals surface area contributed by atoms with Crippen LogP contribution in [0.1, 0.15) is 27.2 Å². The van der Waals surface area contributed by atoms with E-state index in [0.29, 0.717) is 35.7 Å². The van der Waals surface area contributed by atoms with Crippen LogP contribution >= 0.6 is 11.8 Å². The Morgan fingerprint density at radius 1 is 1.27 bits per heavy atom. The van der Waals surface area contributed by atoms with Gasteiger partial charge < -0.3 is 9.64 Å². The second kappa shape index (κ2) is 8.22. The molecule has 7 heteroatoms. The van der Waals surface area contributed by atoms with Gasteiger partial charge in [0.1, 0.15) is 0 Å². The fourth-order valence-corrected chi connectivity index (χ4v) is 4.21. The summed E-state index contributed by atoms with van der Waals surface area (Å²) < 4.78 is 7.37. The third kappa shape index (κ3) is 4.10. The van der Waals surface area contributed by atoms with Crippen molar-refractivity contribution in [1.82, 2.24) is 14.5 Å². The third-order valence-electron chi connectivity index (χ3n) is 4.37. The lowest BCUT2D eigenvalue weighted by molar-refractivity contribution is -0.140. The second-order valence-electron chi connectivity index (χ2n) is 6.71. The molecular weight excluding hydrogens is 350 g/mol. The Hall–Kier alpha value is -1.86. The van der Waals surface area contributed by atoms with E-state index < -0.39 is 0 Å². The van der Waals surface area contributed by atoms with Gasteiger partial charge in [-0.25, -0.2) is 4.98 Å². The average Bonchev–Trinajstić information content (AvgIpc) is 2.61. The molecule has 3 rings (SSSR count). The van der Waals surface area contributed by atoms with E-state index in [-0.39, 0.29) is 29.4 Å². The molecule has 2 atom stereocenters. The van der Waals surface area contributed by atoms with Crippen molar-refractivity contribution in [3.63, 3.8) is 0 Å². The van der Waals surface area contributed by atoms with Crippen LogP contribution < -0.4 is 5.56 Å². The highest BCUT2D eigenvalue weighted by Gasteiger charge is 2.26. The van der Waals surface area contributed by atoms with Gasteiger partial charge in [0.2, 0.25) is 5.91 Å². The van der Waals surface area contributed by atoms with E-state index in [1.807, 2.05) is 43.9 Å². The number of hydrogen-bond acceptors (Lipinski definition) is 5. The number of rotatable bonds is 5. The van der Waals surface area contributed by atoms with E-state index in [4.69, 9.17) is 4.74 Å². The largest absolute Gasteiger partial charge is 0.372 e. The molecule has 1 fully saturated rings. The Labute approximate surface area is 157 Å². The Kier molecular flexibility index (Phi) is 5.98. The molecule has 0 radical (unpaired) electrons. The SMILES string of the molecule is CCCn1c(SCC(=O)N2CC(C)OC(C)C2)nc2ccccc2c1=O. The van der Waals surface area contributed by atoms with Crippen molar-refractivity contribution in [2.45, 2.75) is 51.1 Å². The van der Waals surface area contributed by atoms with Crippen LogP contribution in [0.4, 0.5) is 0 Å². The number of morpholine rings is 1. The van der Waals surface area contributed by atoms with Crippen molar-refractivity contribution >= 4 is 28.6 Å². The van der Waals surface area contributed by atoms with Gasteiger partial charge in [0.05, 0.1) is 28.9 Å². The van der Waals surface area contributed by atoms with Crippen LogP contribution in [-0.4, -0.2) is 51.4 Å². The lowest BCUT2D eigenvalue weighted by Crippen LogP contribution is -2.48. The third-order valence-corrected chi connectivity index (χ3v) is 5.33. The maximum Gasteiger partial charge on any atom is 0.262 e. The molecule has 1 aromatic carbocycles. The van der Waals surface area contributed by atoms with Crippen LogP contribution in [-0.2, 0) is 16.1 Å². The van der Waals surface area contributed by atoms with E-state index in [9.17, 15) is 9.59 Å². The summed E-state index contributed by atoms with van der Waals surface area (Å²) in [6.45, 7) is 7.80. The number of thioether (sulfide) groups is 1. The molecule has 2 heterocycles. The standard InChI is InChI=1S/C19H25N3O3S/c1-4-9-22-18(24)15-7-5-6-8-16(15)20-19(22)26-12-17(23)21-10-13(2)25-14(3)11-21/h5-8,13-14H,4,9-12H2,1-3H3. The maximum absolute atomic E-state index is 12.8. The number of benzene rings is 1. The van der Waals surface area contributed by atoms with Gasteiger partial charge in [-0.1, -0.05) is 30.8 Å². The van der Waals surface area contributed by atoms with Gasteiger partial charge in [-0.15, -0.1) is 0 Å². The number of aromatic nitrogens is 2. The number of amides is 1. The summed E-state index contributed by atoms with van der Waals surface area (Å²) >= 11 is 1.34. The molecule has 0 N–H and O–H groups in total. The molecule has 1 amide bonds. The topological polar surface area (TPSA) is 64.4 Å². The number of carbonyl (C=O) groups is 1. The van der Waals surface area contributed by atoms with Crippen LogP contribution in [0, 0.1) is 0 Å². The van der Waals surface area contributed by atoms with Crippen molar-refractivity contribution in [3.8, 4) is 0 Å². The highest BCUT2D eigenvalue weighted by Crippen LogP contribution is 2.20.